The third kappa shape index (κ3) is 4.00. The second kappa shape index (κ2) is 7.29. The van der Waals surface area contributed by atoms with Gasteiger partial charge in [-0.3, -0.25) is 0 Å². The quantitative estimate of drug-likeness (QED) is 0.670. The highest BCUT2D eigenvalue weighted by molar-refractivity contribution is 4.86. The maximum atomic E-state index is 2.77. The van der Waals surface area contributed by atoms with Gasteiger partial charge in [-0.05, 0) is 82.1 Å². The SMILES string of the molecule is CC(C)C1CCC(N(C)C2CCC(C(C)C)CC2)CC1. The summed E-state index contributed by atoms with van der Waals surface area (Å²) in [6, 6.07) is 1.76. The Kier molecular flexibility index (Phi) is 5.95. The van der Waals surface area contributed by atoms with Gasteiger partial charge in [0.05, 0.1) is 0 Å². The van der Waals surface area contributed by atoms with E-state index in [1.54, 1.807) is 0 Å². The first-order valence-corrected chi connectivity index (χ1v) is 9.21. The van der Waals surface area contributed by atoms with Gasteiger partial charge in [0.25, 0.3) is 0 Å². The van der Waals surface area contributed by atoms with Gasteiger partial charge in [0.1, 0.15) is 0 Å². The molecule has 0 radical (unpaired) electrons. The van der Waals surface area contributed by atoms with Crippen LogP contribution in [0.4, 0.5) is 0 Å². The molecule has 20 heavy (non-hydrogen) atoms. The van der Waals surface area contributed by atoms with Crippen molar-refractivity contribution in [3.8, 4) is 0 Å². The van der Waals surface area contributed by atoms with Gasteiger partial charge in [0.2, 0.25) is 0 Å². The molecular formula is C19H37N. The largest absolute Gasteiger partial charge is 0.300 e. The van der Waals surface area contributed by atoms with Crippen molar-refractivity contribution in [3.63, 3.8) is 0 Å². The first-order chi connectivity index (χ1) is 9.49. The molecular weight excluding hydrogens is 242 g/mol. The van der Waals surface area contributed by atoms with E-state index in [-0.39, 0.29) is 0 Å². The summed E-state index contributed by atoms with van der Waals surface area (Å²) >= 11 is 0. The molecule has 0 atom stereocenters. The Morgan fingerprint density at radius 1 is 0.600 bits per heavy atom. The molecule has 0 aromatic carbocycles. The van der Waals surface area contributed by atoms with E-state index in [1.807, 2.05) is 0 Å². The fraction of sp³-hybridized carbons (Fsp3) is 1.00. The molecule has 0 heterocycles. The summed E-state index contributed by atoms with van der Waals surface area (Å²) < 4.78 is 0. The summed E-state index contributed by atoms with van der Waals surface area (Å²) in [5.74, 6) is 3.78. The molecule has 118 valence electrons. The molecule has 0 aromatic heterocycles. The molecule has 1 nitrogen and oxygen atoms in total. The van der Waals surface area contributed by atoms with Crippen LogP contribution < -0.4 is 0 Å². The lowest BCUT2D eigenvalue weighted by molar-refractivity contribution is 0.0743. The predicted octanol–water partition coefficient (Wildman–Crippen LogP) is 5.35. The van der Waals surface area contributed by atoms with E-state index in [2.05, 4.69) is 39.6 Å². The van der Waals surface area contributed by atoms with Crippen molar-refractivity contribution < 1.29 is 0 Å². The lowest BCUT2D eigenvalue weighted by atomic mass is 9.77. The lowest BCUT2D eigenvalue weighted by Gasteiger charge is -2.43. The van der Waals surface area contributed by atoms with Crippen molar-refractivity contribution >= 4 is 0 Å². The summed E-state index contributed by atoms with van der Waals surface area (Å²) in [6.07, 6.45) is 11.7. The zero-order chi connectivity index (χ0) is 14.7. The molecule has 1 heteroatoms. The van der Waals surface area contributed by atoms with Crippen LogP contribution in [0, 0.1) is 23.7 Å². The van der Waals surface area contributed by atoms with Crippen LogP contribution in [0.1, 0.15) is 79.1 Å². The van der Waals surface area contributed by atoms with Gasteiger partial charge in [-0.15, -0.1) is 0 Å². The summed E-state index contributed by atoms with van der Waals surface area (Å²) in [5.41, 5.74) is 0. The van der Waals surface area contributed by atoms with E-state index < -0.39 is 0 Å². The second-order valence-corrected chi connectivity index (χ2v) is 8.29. The zero-order valence-corrected chi connectivity index (χ0v) is 14.6. The van der Waals surface area contributed by atoms with Gasteiger partial charge < -0.3 is 4.90 Å². The van der Waals surface area contributed by atoms with E-state index >= 15 is 0 Å². The Morgan fingerprint density at radius 2 is 0.900 bits per heavy atom. The molecule has 2 fully saturated rings. The molecule has 0 bridgehead atoms. The fourth-order valence-electron chi connectivity index (χ4n) is 4.65. The van der Waals surface area contributed by atoms with Crippen LogP contribution in [0.2, 0.25) is 0 Å². The summed E-state index contributed by atoms with van der Waals surface area (Å²) in [6.45, 7) is 9.62. The minimum absolute atomic E-state index is 0.880. The van der Waals surface area contributed by atoms with E-state index in [9.17, 15) is 0 Å². The van der Waals surface area contributed by atoms with Gasteiger partial charge in [0.15, 0.2) is 0 Å². The second-order valence-electron chi connectivity index (χ2n) is 8.29. The van der Waals surface area contributed by atoms with Crippen LogP contribution >= 0.6 is 0 Å². The molecule has 0 N–H and O–H groups in total. The van der Waals surface area contributed by atoms with E-state index in [0.717, 1.165) is 35.8 Å². The maximum Gasteiger partial charge on any atom is 0.00953 e. The third-order valence-corrected chi connectivity index (χ3v) is 6.52. The minimum Gasteiger partial charge on any atom is -0.300 e. The van der Waals surface area contributed by atoms with Crippen LogP contribution in [0.15, 0.2) is 0 Å². The topological polar surface area (TPSA) is 3.24 Å². The normalized spacial score (nSPS) is 36.0. The Hall–Kier alpha value is -0.0400. The highest BCUT2D eigenvalue weighted by Gasteiger charge is 2.31. The van der Waals surface area contributed by atoms with Gasteiger partial charge in [0, 0.05) is 12.1 Å². The fourth-order valence-corrected chi connectivity index (χ4v) is 4.65. The average Bonchev–Trinajstić information content (AvgIpc) is 2.46. The van der Waals surface area contributed by atoms with E-state index in [0.29, 0.717) is 0 Å². The zero-order valence-electron chi connectivity index (χ0n) is 14.6. The molecule has 2 rings (SSSR count). The standard InChI is InChI=1S/C19H37N/c1-14(2)16-6-10-18(11-7-16)20(5)19-12-8-17(9-13-19)15(3)4/h14-19H,6-13H2,1-5H3. The van der Waals surface area contributed by atoms with Crippen LogP contribution in [-0.2, 0) is 0 Å². The Bertz CT molecular complexity index is 239. The predicted molar refractivity (Wildman–Crippen MR) is 88.9 cm³/mol. The highest BCUT2D eigenvalue weighted by Crippen LogP contribution is 2.36. The van der Waals surface area contributed by atoms with Crippen molar-refractivity contribution in [2.24, 2.45) is 23.7 Å². The highest BCUT2D eigenvalue weighted by atomic mass is 15.2. The van der Waals surface area contributed by atoms with Crippen molar-refractivity contribution in [3.05, 3.63) is 0 Å². The lowest BCUT2D eigenvalue weighted by Crippen LogP contribution is -2.44. The van der Waals surface area contributed by atoms with Gasteiger partial charge in [-0.1, -0.05) is 27.7 Å². The van der Waals surface area contributed by atoms with Crippen LogP contribution in [0.3, 0.4) is 0 Å². The Labute approximate surface area is 127 Å². The molecule has 0 unspecified atom stereocenters. The van der Waals surface area contributed by atoms with Gasteiger partial charge in [-0.2, -0.15) is 0 Å². The van der Waals surface area contributed by atoms with Crippen LogP contribution in [-0.4, -0.2) is 24.0 Å². The number of rotatable bonds is 4. The maximum absolute atomic E-state index is 2.77. The van der Waals surface area contributed by atoms with Crippen LogP contribution in [0.5, 0.6) is 0 Å². The monoisotopic (exact) mass is 279 g/mol. The molecule has 0 spiro atoms. The van der Waals surface area contributed by atoms with Crippen LogP contribution in [0.25, 0.3) is 0 Å². The van der Waals surface area contributed by atoms with Crippen molar-refractivity contribution in [1.29, 1.82) is 0 Å². The molecule has 0 aliphatic heterocycles. The minimum atomic E-state index is 0.880. The number of hydrogen-bond donors (Lipinski definition) is 0. The number of hydrogen-bond acceptors (Lipinski definition) is 1. The molecule has 2 aliphatic rings. The number of nitrogens with zero attached hydrogens (tertiary/aromatic N) is 1. The summed E-state index contributed by atoms with van der Waals surface area (Å²) in [7, 11) is 2.42. The van der Waals surface area contributed by atoms with Gasteiger partial charge in [-0.25, -0.2) is 0 Å². The van der Waals surface area contributed by atoms with E-state index in [1.165, 1.54) is 51.4 Å². The third-order valence-electron chi connectivity index (χ3n) is 6.52. The Balaban J connectivity index is 1.77. The molecule has 0 saturated heterocycles. The first-order valence-electron chi connectivity index (χ1n) is 9.21. The summed E-state index contributed by atoms with van der Waals surface area (Å²) in [5, 5.41) is 0. The summed E-state index contributed by atoms with van der Waals surface area (Å²) in [4.78, 5) is 2.77. The Morgan fingerprint density at radius 3 is 1.15 bits per heavy atom. The molecule has 2 saturated carbocycles. The average molecular weight is 280 g/mol. The smallest absolute Gasteiger partial charge is 0.00953 e. The molecule has 2 aliphatic carbocycles. The van der Waals surface area contributed by atoms with Crippen molar-refractivity contribution in [1.82, 2.24) is 4.90 Å². The van der Waals surface area contributed by atoms with Crippen molar-refractivity contribution in [2.75, 3.05) is 7.05 Å². The molecule has 0 amide bonds. The van der Waals surface area contributed by atoms with Crippen molar-refractivity contribution in [2.45, 2.75) is 91.1 Å². The van der Waals surface area contributed by atoms with E-state index in [4.69, 9.17) is 0 Å². The van der Waals surface area contributed by atoms with Gasteiger partial charge >= 0.3 is 0 Å². The molecule has 0 aromatic rings. The first kappa shape index (κ1) is 16.3.